The first-order chi connectivity index (χ1) is 7.72. The van der Waals surface area contributed by atoms with Gasteiger partial charge in [-0.2, -0.15) is 17.0 Å². The second-order valence-electron chi connectivity index (χ2n) is 4.54. The molecule has 0 radical (unpaired) electrons. The van der Waals surface area contributed by atoms with Crippen molar-refractivity contribution in [2.45, 2.75) is 49.9 Å². The molecule has 4 unspecified atom stereocenters. The molecule has 3 nitrogen and oxygen atoms in total. The summed E-state index contributed by atoms with van der Waals surface area (Å²) in [5.74, 6) is 0.150. The summed E-state index contributed by atoms with van der Waals surface area (Å²) in [6, 6.07) is 2.98. The van der Waals surface area contributed by atoms with Crippen LogP contribution in [0.4, 0.5) is 0 Å². The van der Waals surface area contributed by atoms with Crippen molar-refractivity contribution in [3.05, 3.63) is 0 Å². The van der Waals surface area contributed by atoms with Crippen LogP contribution in [0.5, 0.6) is 0 Å². The molecular weight excluding hydrogens is 220 g/mol. The molecule has 0 aromatic rings. The Morgan fingerprint density at radius 2 is 2.19 bits per heavy atom. The van der Waals surface area contributed by atoms with Gasteiger partial charge in [-0.05, 0) is 26.0 Å². The topological polar surface area (TPSA) is 56.0 Å². The molecule has 4 atom stereocenters. The van der Waals surface area contributed by atoms with E-state index in [0.717, 1.165) is 12.8 Å². The fourth-order valence-corrected chi connectivity index (χ4v) is 3.00. The Hall–Kier alpha value is -0.240. The molecule has 0 spiro atoms. The minimum Gasteiger partial charge on any atom is -0.395 e. The Morgan fingerprint density at radius 1 is 1.50 bits per heavy atom. The van der Waals surface area contributed by atoms with Crippen LogP contribution >= 0.6 is 11.8 Å². The molecule has 2 N–H and O–H groups in total. The predicted octanol–water partition coefficient (Wildman–Crippen LogP) is 1.77. The monoisotopic (exact) mass is 242 g/mol. The molecule has 92 valence electrons. The second kappa shape index (κ2) is 7.16. The summed E-state index contributed by atoms with van der Waals surface area (Å²) >= 11 is 1.68. The molecule has 0 heterocycles. The van der Waals surface area contributed by atoms with Crippen molar-refractivity contribution in [1.82, 2.24) is 5.32 Å². The van der Waals surface area contributed by atoms with Crippen LogP contribution in [0.3, 0.4) is 0 Å². The van der Waals surface area contributed by atoms with E-state index in [1.807, 2.05) is 6.26 Å². The van der Waals surface area contributed by atoms with Crippen molar-refractivity contribution in [3.8, 4) is 6.07 Å². The lowest BCUT2D eigenvalue weighted by Crippen LogP contribution is -2.47. The number of nitrogens with one attached hydrogen (secondary N) is 1. The van der Waals surface area contributed by atoms with Crippen LogP contribution in [0.25, 0.3) is 0 Å². The zero-order chi connectivity index (χ0) is 12.0. The van der Waals surface area contributed by atoms with Crippen molar-refractivity contribution in [3.63, 3.8) is 0 Å². The van der Waals surface area contributed by atoms with E-state index in [-0.39, 0.29) is 23.8 Å². The lowest BCUT2D eigenvalue weighted by Gasteiger charge is -2.32. The van der Waals surface area contributed by atoms with Crippen molar-refractivity contribution >= 4 is 11.8 Å². The van der Waals surface area contributed by atoms with Gasteiger partial charge in [-0.1, -0.05) is 12.8 Å². The molecule has 0 saturated heterocycles. The van der Waals surface area contributed by atoms with Gasteiger partial charge in [0.2, 0.25) is 0 Å². The molecule has 0 aromatic heterocycles. The summed E-state index contributed by atoms with van der Waals surface area (Å²) in [6.45, 7) is 2.29. The van der Waals surface area contributed by atoms with Crippen LogP contribution in [-0.2, 0) is 0 Å². The highest BCUT2D eigenvalue weighted by Gasteiger charge is 2.27. The molecule has 1 fully saturated rings. The molecule has 0 aliphatic heterocycles. The molecule has 0 amide bonds. The fraction of sp³-hybridized carbons (Fsp3) is 0.917. The molecule has 1 saturated carbocycles. The number of nitriles is 1. The summed E-state index contributed by atoms with van der Waals surface area (Å²) in [6.07, 6.45) is 6.52. The van der Waals surface area contributed by atoms with E-state index in [1.54, 1.807) is 11.8 Å². The van der Waals surface area contributed by atoms with Crippen molar-refractivity contribution in [2.24, 2.45) is 5.92 Å². The number of thioether (sulfide) groups is 1. The fourth-order valence-electron chi connectivity index (χ4n) is 2.37. The minimum atomic E-state index is 0.150. The van der Waals surface area contributed by atoms with Gasteiger partial charge in [-0.15, -0.1) is 0 Å². The summed E-state index contributed by atoms with van der Waals surface area (Å²) in [4.78, 5) is 0. The van der Waals surface area contributed by atoms with E-state index in [2.05, 4.69) is 18.3 Å². The average molecular weight is 242 g/mol. The van der Waals surface area contributed by atoms with E-state index in [4.69, 9.17) is 5.26 Å². The van der Waals surface area contributed by atoms with E-state index in [0.29, 0.717) is 6.04 Å². The standard InChI is InChI=1S/C12H22N2OS/c1-9(12(8-15)16-2)14-11-6-4-3-5-10(11)7-13/h9-12,14-15H,3-6,8H2,1-2H3. The van der Waals surface area contributed by atoms with Crippen molar-refractivity contribution in [1.29, 1.82) is 5.26 Å². The SMILES string of the molecule is CSC(CO)C(C)NC1CCCCC1C#N. The maximum absolute atomic E-state index is 9.22. The molecule has 1 rings (SSSR count). The lowest BCUT2D eigenvalue weighted by atomic mass is 9.85. The zero-order valence-electron chi connectivity index (χ0n) is 10.1. The Bertz CT molecular complexity index is 238. The third kappa shape index (κ3) is 3.65. The molecule has 1 aliphatic rings. The number of rotatable bonds is 5. The van der Waals surface area contributed by atoms with E-state index >= 15 is 0 Å². The lowest BCUT2D eigenvalue weighted by molar-refractivity contribution is 0.246. The quantitative estimate of drug-likeness (QED) is 0.771. The molecule has 1 aliphatic carbocycles. The maximum Gasteiger partial charge on any atom is 0.0672 e. The number of aliphatic hydroxyl groups is 1. The van der Waals surface area contributed by atoms with Gasteiger partial charge < -0.3 is 10.4 Å². The Balaban J connectivity index is 2.48. The van der Waals surface area contributed by atoms with Crippen LogP contribution in [0.15, 0.2) is 0 Å². The largest absolute Gasteiger partial charge is 0.395 e. The second-order valence-corrected chi connectivity index (χ2v) is 5.62. The number of hydrogen-bond donors (Lipinski definition) is 2. The molecule has 0 bridgehead atoms. The summed E-state index contributed by atoms with van der Waals surface area (Å²) in [5, 5.41) is 22.0. The number of hydrogen-bond acceptors (Lipinski definition) is 4. The molecular formula is C12H22N2OS. The number of nitrogens with zero attached hydrogens (tertiary/aromatic N) is 1. The van der Waals surface area contributed by atoms with Crippen molar-refractivity contribution < 1.29 is 5.11 Å². The van der Waals surface area contributed by atoms with E-state index < -0.39 is 0 Å². The molecule has 4 heteroatoms. The van der Waals surface area contributed by atoms with Gasteiger partial charge >= 0.3 is 0 Å². The van der Waals surface area contributed by atoms with Gasteiger partial charge in [0.1, 0.15) is 0 Å². The highest BCUT2D eigenvalue weighted by Crippen LogP contribution is 2.25. The van der Waals surface area contributed by atoms with Gasteiger partial charge in [0, 0.05) is 17.3 Å². The first-order valence-electron chi connectivity index (χ1n) is 6.02. The maximum atomic E-state index is 9.22. The molecule has 16 heavy (non-hydrogen) atoms. The number of aliphatic hydroxyl groups excluding tert-OH is 1. The van der Waals surface area contributed by atoms with Crippen LogP contribution in [0.1, 0.15) is 32.6 Å². The van der Waals surface area contributed by atoms with Crippen LogP contribution in [0, 0.1) is 17.2 Å². The third-order valence-corrected chi connectivity index (χ3v) is 4.61. The van der Waals surface area contributed by atoms with Gasteiger partial charge in [-0.25, -0.2) is 0 Å². The van der Waals surface area contributed by atoms with Crippen LogP contribution < -0.4 is 5.32 Å². The van der Waals surface area contributed by atoms with Gasteiger partial charge in [0.05, 0.1) is 18.6 Å². The third-order valence-electron chi connectivity index (χ3n) is 3.45. The average Bonchev–Trinajstić information content (AvgIpc) is 2.31. The Morgan fingerprint density at radius 3 is 2.75 bits per heavy atom. The van der Waals surface area contributed by atoms with Gasteiger partial charge in [0.25, 0.3) is 0 Å². The van der Waals surface area contributed by atoms with Crippen LogP contribution in [0.2, 0.25) is 0 Å². The first-order valence-corrected chi connectivity index (χ1v) is 7.31. The Kier molecular flexibility index (Phi) is 6.18. The molecule has 0 aromatic carbocycles. The normalized spacial score (nSPS) is 29.4. The van der Waals surface area contributed by atoms with Gasteiger partial charge in [-0.3, -0.25) is 0 Å². The highest BCUT2D eigenvalue weighted by molar-refractivity contribution is 7.99. The first kappa shape index (κ1) is 13.8. The minimum absolute atomic E-state index is 0.150. The van der Waals surface area contributed by atoms with Crippen LogP contribution in [-0.4, -0.2) is 35.3 Å². The van der Waals surface area contributed by atoms with E-state index in [1.165, 1.54) is 12.8 Å². The summed E-state index contributed by atoms with van der Waals surface area (Å²) < 4.78 is 0. The smallest absolute Gasteiger partial charge is 0.0672 e. The summed E-state index contributed by atoms with van der Waals surface area (Å²) in [5.41, 5.74) is 0. The van der Waals surface area contributed by atoms with Crippen molar-refractivity contribution in [2.75, 3.05) is 12.9 Å². The van der Waals surface area contributed by atoms with Gasteiger partial charge in [0.15, 0.2) is 0 Å². The Labute approximate surface area is 103 Å². The highest BCUT2D eigenvalue weighted by atomic mass is 32.2. The zero-order valence-corrected chi connectivity index (χ0v) is 11.0. The van der Waals surface area contributed by atoms with E-state index in [9.17, 15) is 5.11 Å². The predicted molar refractivity (Wildman–Crippen MR) is 68.3 cm³/mol. The summed E-state index contributed by atoms with van der Waals surface area (Å²) in [7, 11) is 0.